The number of para-hydroxylation sites is 1. The van der Waals surface area contributed by atoms with Gasteiger partial charge in [-0.3, -0.25) is 4.79 Å². The SMILES string of the molecule is COc1ccccc1CCNC(=O)c1ccc(Cl)c(S(C)(=O)=O)c1. The van der Waals surface area contributed by atoms with E-state index in [1.165, 1.54) is 18.2 Å². The molecule has 1 N–H and O–H groups in total. The third-order valence-electron chi connectivity index (χ3n) is 3.47. The van der Waals surface area contributed by atoms with Crippen LogP contribution in [-0.4, -0.2) is 34.2 Å². The lowest BCUT2D eigenvalue weighted by Crippen LogP contribution is -2.26. The third kappa shape index (κ3) is 4.49. The highest BCUT2D eigenvalue weighted by Gasteiger charge is 2.15. The summed E-state index contributed by atoms with van der Waals surface area (Å²) < 4.78 is 28.6. The number of nitrogens with one attached hydrogen (secondary N) is 1. The zero-order chi connectivity index (χ0) is 17.7. The number of rotatable bonds is 6. The standard InChI is InChI=1S/C17H18ClNO4S/c1-23-15-6-4-3-5-12(15)9-10-19-17(20)13-7-8-14(18)16(11-13)24(2,21)22/h3-8,11H,9-10H2,1-2H3,(H,19,20). The molecule has 2 rings (SSSR count). The smallest absolute Gasteiger partial charge is 0.251 e. The van der Waals surface area contributed by atoms with Crippen LogP contribution in [0.3, 0.4) is 0 Å². The molecule has 2 aromatic carbocycles. The summed E-state index contributed by atoms with van der Waals surface area (Å²) in [7, 11) is -1.90. The van der Waals surface area contributed by atoms with Crippen molar-refractivity contribution in [3.8, 4) is 5.75 Å². The number of sulfone groups is 1. The van der Waals surface area contributed by atoms with Crippen LogP contribution in [0.5, 0.6) is 5.75 Å². The summed E-state index contributed by atoms with van der Waals surface area (Å²) in [6.07, 6.45) is 1.65. The first-order valence-electron chi connectivity index (χ1n) is 7.22. The van der Waals surface area contributed by atoms with Crippen LogP contribution in [0.15, 0.2) is 47.4 Å². The third-order valence-corrected chi connectivity index (χ3v) is 5.04. The molecule has 0 saturated carbocycles. The maximum atomic E-state index is 12.2. The molecule has 1 amide bonds. The number of hydrogen-bond donors (Lipinski definition) is 1. The van der Waals surface area contributed by atoms with Crippen LogP contribution >= 0.6 is 11.6 Å². The van der Waals surface area contributed by atoms with E-state index < -0.39 is 9.84 Å². The molecule has 0 atom stereocenters. The van der Waals surface area contributed by atoms with Gasteiger partial charge in [-0.2, -0.15) is 0 Å². The monoisotopic (exact) mass is 367 g/mol. The largest absolute Gasteiger partial charge is 0.496 e. The molecule has 0 aliphatic rings. The van der Waals surface area contributed by atoms with Gasteiger partial charge in [0.25, 0.3) is 5.91 Å². The van der Waals surface area contributed by atoms with Crippen molar-refractivity contribution in [2.45, 2.75) is 11.3 Å². The first-order valence-corrected chi connectivity index (χ1v) is 9.49. The van der Waals surface area contributed by atoms with E-state index in [-0.39, 0.29) is 21.4 Å². The van der Waals surface area contributed by atoms with Gasteiger partial charge in [-0.1, -0.05) is 29.8 Å². The fraction of sp³-hybridized carbons (Fsp3) is 0.235. The van der Waals surface area contributed by atoms with E-state index in [1.54, 1.807) is 7.11 Å². The Labute approximate surface area is 146 Å². The molecule has 128 valence electrons. The van der Waals surface area contributed by atoms with Crippen molar-refractivity contribution < 1.29 is 17.9 Å². The zero-order valence-corrected chi connectivity index (χ0v) is 14.9. The van der Waals surface area contributed by atoms with Gasteiger partial charge in [-0.25, -0.2) is 8.42 Å². The Morgan fingerprint density at radius 1 is 1.21 bits per heavy atom. The molecule has 0 saturated heterocycles. The molecule has 7 heteroatoms. The van der Waals surface area contributed by atoms with Gasteiger partial charge in [-0.15, -0.1) is 0 Å². The second-order valence-corrected chi connectivity index (χ2v) is 7.63. The number of ether oxygens (including phenoxy) is 1. The summed E-state index contributed by atoms with van der Waals surface area (Å²) in [6.45, 7) is 0.399. The maximum absolute atomic E-state index is 12.2. The average molecular weight is 368 g/mol. The Bertz CT molecular complexity index is 849. The van der Waals surface area contributed by atoms with Gasteiger partial charge in [0.1, 0.15) is 5.75 Å². The number of carbonyl (C=O) groups is 1. The van der Waals surface area contributed by atoms with Crippen molar-refractivity contribution in [1.29, 1.82) is 0 Å². The minimum atomic E-state index is -3.49. The molecule has 5 nitrogen and oxygen atoms in total. The molecule has 0 fully saturated rings. The van der Waals surface area contributed by atoms with E-state index in [4.69, 9.17) is 16.3 Å². The van der Waals surface area contributed by atoms with Gasteiger partial charge in [0.2, 0.25) is 0 Å². The van der Waals surface area contributed by atoms with Crippen LogP contribution in [-0.2, 0) is 16.3 Å². The van der Waals surface area contributed by atoms with E-state index in [0.717, 1.165) is 17.6 Å². The maximum Gasteiger partial charge on any atom is 0.251 e. The first kappa shape index (κ1) is 18.3. The van der Waals surface area contributed by atoms with Crippen LogP contribution in [0.2, 0.25) is 5.02 Å². The predicted octanol–water partition coefficient (Wildman–Crippen LogP) is 2.72. The molecular weight excluding hydrogens is 350 g/mol. The van der Waals surface area contributed by atoms with Crippen molar-refractivity contribution in [2.75, 3.05) is 19.9 Å². The van der Waals surface area contributed by atoms with Crippen LogP contribution in [0.1, 0.15) is 15.9 Å². The molecule has 0 heterocycles. The highest BCUT2D eigenvalue weighted by atomic mass is 35.5. The minimum Gasteiger partial charge on any atom is -0.496 e. The van der Waals surface area contributed by atoms with Crippen molar-refractivity contribution >= 4 is 27.3 Å². The topological polar surface area (TPSA) is 72.5 Å². The lowest BCUT2D eigenvalue weighted by atomic mass is 10.1. The number of methoxy groups -OCH3 is 1. The number of amides is 1. The Hall–Kier alpha value is -2.05. The molecule has 0 spiro atoms. The van der Waals surface area contributed by atoms with Crippen molar-refractivity contribution in [3.05, 3.63) is 58.6 Å². The summed E-state index contributed by atoms with van der Waals surface area (Å²) in [6, 6.07) is 11.8. The summed E-state index contributed by atoms with van der Waals surface area (Å²) in [4.78, 5) is 12.1. The van der Waals surface area contributed by atoms with Crippen LogP contribution in [0, 0.1) is 0 Å². The predicted molar refractivity (Wildman–Crippen MR) is 93.6 cm³/mol. The Morgan fingerprint density at radius 3 is 2.58 bits per heavy atom. The second kappa shape index (κ2) is 7.68. The van der Waals surface area contributed by atoms with Gasteiger partial charge in [-0.05, 0) is 36.2 Å². The minimum absolute atomic E-state index is 0.0541. The Morgan fingerprint density at radius 2 is 1.92 bits per heavy atom. The van der Waals surface area contributed by atoms with E-state index in [0.29, 0.717) is 13.0 Å². The number of halogens is 1. The quantitative estimate of drug-likeness (QED) is 0.852. The summed E-state index contributed by atoms with van der Waals surface area (Å²) >= 11 is 5.88. The summed E-state index contributed by atoms with van der Waals surface area (Å²) in [5.41, 5.74) is 1.23. The van der Waals surface area contributed by atoms with E-state index >= 15 is 0 Å². The molecule has 0 radical (unpaired) electrons. The highest BCUT2D eigenvalue weighted by molar-refractivity contribution is 7.90. The fourth-order valence-corrected chi connectivity index (χ4v) is 3.55. The van der Waals surface area contributed by atoms with Crippen molar-refractivity contribution in [1.82, 2.24) is 5.32 Å². The fourth-order valence-electron chi connectivity index (χ4n) is 2.25. The highest BCUT2D eigenvalue weighted by Crippen LogP contribution is 2.22. The zero-order valence-electron chi connectivity index (χ0n) is 13.4. The molecule has 0 aliphatic carbocycles. The summed E-state index contributed by atoms with van der Waals surface area (Å²) in [5.74, 6) is 0.407. The molecule has 0 bridgehead atoms. The van der Waals surface area contributed by atoms with Crippen LogP contribution in [0.25, 0.3) is 0 Å². The van der Waals surface area contributed by atoms with E-state index in [1.807, 2.05) is 24.3 Å². The van der Waals surface area contributed by atoms with Gasteiger partial charge in [0.15, 0.2) is 9.84 Å². The lowest BCUT2D eigenvalue weighted by molar-refractivity contribution is 0.0954. The molecule has 0 aromatic heterocycles. The number of hydrogen-bond acceptors (Lipinski definition) is 4. The molecular formula is C17H18ClNO4S. The van der Waals surface area contributed by atoms with E-state index in [2.05, 4.69) is 5.32 Å². The van der Waals surface area contributed by atoms with Crippen LogP contribution < -0.4 is 10.1 Å². The van der Waals surface area contributed by atoms with Gasteiger partial charge in [0.05, 0.1) is 17.0 Å². The van der Waals surface area contributed by atoms with Crippen molar-refractivity contribution in [2.24, 2.45) is 0 Å². The molecule has 0 unspecified atom stereocenters. The lowest BCUT2D eigenvalue weighted by Gasteiger charge is -2.10. The van der Waals surface area contributed by atoms with Gasteiger partial charge in [0, 0.05) is 18.4 Å². The molecule has 2 aromatic rings. The first-order chi connectivity index (χ1) is 11.3. The second-order valence-electron chi connectivity index (χ2n) is 5.24. The molecule has 24 heavy (non-hydrogen) atoms. The Kier molecular flexibility index (Phi) is 5.85. The normalized spacial score (nSPS) is 11.1. The average Bonchev–Trinajstić information content (AvgIpc) is 2.54. The number of carbonyl (C=O) groups excluding carboxylic acids is 1. The van der Waals surface area contributed by atoms with E-state index in [9.17, 15) is 13.2 Å². The number of benzene rings is 2. The van der Waals surface area contributed by atoms with Gasteiger partial charge < -0.3 is 10.1 Å². The Balaban J connectivity index is 2.06. The van der Waals surface area contributed by atoms with Crippen LogP contribution in [0.4, 0.5) is 0 Å². The van der Waals surface area contributed by atoms with Gasteiger partial charge >= 0.3 is 0 Å². The summed E-state index contributed by atoms with van der Waals surface area (Å²) in [5, 5.41) is 2.86. The molecule has 0 aliphatic heterocycles. The van der Waals surface area contributed by atoms with Crippen molar-refractivity contribution in [3.63, 3.8) is 0 Å².